The van der Waals surface area contributed by atoms with Gasteiger partial charge in [-0.2, -0.15) is 0 Å². The average Bonchev–Trinajstić information content (AvgIpc) is 2.87. The standard InChI is InChI=1S/C18H36O6.Na.H/c1-2-3-4-5-6-7-8-9-10-11-12-23-18-16(22)15(21)17(24-18)14(20)13-19;;/h14-22H,2-13H2,1H3;;/t14-,15-,16-,17+,18-;;/m1../s1. The SMILES string of the molecule is CCCCCCCCCCCCO[C@@H]1O[C@@H]([C@H](O)CO)[C@H](O)[C@H]1O.[NaH]. The quantitative estimate of drug-likeness (QED) is 0.269. The molecule has 6 nitrogen and oxygen atoms in total. The van der Waals surface area contributed by atoms with Gasteiger partial charge in [-0.3, -0.25) is 0 Å². The second-order valence-electron chi connectivity index (χ2n) is 6.75. The van der Waals surface area contributed by atoms with E-state index < -0.39 is 37.3 Å². The van der Waals surface area contributed by atoms with Crippen molar-refractivity contribution in [2.45, 2.75) is 102 Å². The van der Waals surface area contributed by atoms with Crippen LogP contribution in [0.15, 0.2) is 0 Å². The van der Waals surface area contributed by atoms with Crippen molar-refractivity contribution in [2.75, 3.05) is 13.2 Å². The Hall–Kier alpha value is 0.760. The number of hydrogen-bond donors (Lipinski definition) is 4. The number of hydrogen-bond acceptors (Lipinski definition) is 6. The van der Waals surface area contributed by atoms with Crippen LogP contribution in [0.5, 0.6) is 0 Å². The zero-order chi connectivity index (χ0) is 17.8. The molecule has 4 N–H and O–H groups in total. The van der Waals surface area contributed by atoms with Crippen molar-refractivity contribution in [3.05, 3.63) is 0 Å². The van der Waals surface area contributed by atoms with Gasteiger partial charge in [-0.1, -0.05) is 64.7 Å². The molecule has 0 aliphatic carbocycles. The van der Waals surface area contributed by atoms with Crippen LogP contribution in [0.1, 0.15) is 71.1 Å². The summed E-state index contributed by atoms with van der Waals surface area (Å²) in [7, 11) is 0. The van der Waals surface area contributed by atoms with Gasteiger partial charge in [0.25, 0.3) is 0 Å². The molecule has 1 fully saturated rings. The molecule has 0 spiro atoms. The molecule has 0 radical (unpaired) electrons. The number of aliphatic hydroxyl groups is 4. The first-order valence-electron chi connectivity index (χ1n) is 9.54. The van der Waals surface area contributed by atoms with Crippen LogP contribution in [0.25, 0.3) is 0 Å². The van der Waals surface area contributed by atoms with Crippen molar-refractivity contribution in [1.82, 2.24) is 0 Å². The maximum atomic E-state index is 9.84. The van der Waals surface area contributed by atoms with E-state index in [9.17, 15) is 15.3 Å². The second kappa shape index (κ2) is 15.8. The summed E-state index contributed by atoms with van der Waals surface area (Å²) in [4.78, 5) is 0. The van der Waals surface area contributed by atoms with Gasteiger partial charge in [0.05, 0.1) is 6.61 Å². The summed E-state index contributed by atoms with van der Waals surface area (Å²) in [6.07, 6.45) is 6.72. The van der Waals surface area contributed by atoms with Gasteiger partial charge >= 0.3 is 29.6 Å². The molecule has 0 aromatic heterocycles. The van der Waals surface area contributed by atoms with E-state index in [1.165, 1.54) is 51.4 Å². The normalized spacial score (nSPS) is 27.2. The predicted molar refractivity (Wildman–Crippen MR) is 98.7 cm³/mol. The van der Waals surface area contributed by atoms with Crippen LogP contribution in [0.4, 0.5) is 0 Å². The van der Waals surface area contributed by atoms with E-state index in [1.54, 1.807) is 0 Å². The molecule has 146 valence electrons. The first-order chi connectivity index (χ1) is 11.6. The first-order valence-corrected chi connectivity index (χ1v) is 9.54. The molecular formula is C18H37NaO6. The number of rotatable bonds is 14. The maximum absolute atomic E-state index is 9.84. The Balaban J connectivity index is 0.00000576. The monoisotopic (exact) mass is 372 g/mol. The van der Waals surface area contributed by atoms with E-state index in [1.807, 2.05) is 0 Å². The topological polar surface area (TPSA) is 99.4 Å². The fraction of sp³-hybridized carbons (Fsp3) is 1.00. The predicted octanol–water partition coefficient (Wildman–Crippen LogP) is 1.08. The van der Waals surface area contributed by atoms with Crippen LogP contribution < -0.4 is 0 Å². The average molecular weight is 372 g/mol. The van der Waals surface area contributed by atoms with E-state index >= 15 is 0 Å². The molecule has 0 unspecified atom stereocenters. The summed E-state index contributed by atoms with van der Waals surface area (Å²) >= 11 is 0. The molecule has 0 saturated carbocycles. The van der Waals surface area contributed by atoms with Gasteiger partial charge in [0.1, 0.15) is 24.4 Å². The third kappa shape index (κ3) is 10.0. The molecule has 0 aromatic rings. The summed E-state index contributed by atoms with van der Waals surface area (Å²) in [5.41, 5.74) is 0. The van der Waals surface area contributed by atoms with E-state index in [2.05, 4.69) is 6.92 Å². The number of unbranched alkanes of at least 4 members (excludes halogenated alkanes) is 9. The summed E-state index contributed by atoms with van der Waals surface area (Å²) < 4.78 is 10.8. The van der Waals surface area contributed by atoms with Crippen molar-refractivity contribution in [3.8, 4) is 0 Å². The van der Waals surface area contributed by atoms with Crippen molar-refractivity contribution in [1.29, 1.82) is 0 Å². The molecule has 1 saturated heterocycles. The molecule has 1 aliphatic rings. The van der Waals surface area contributed by atoms with Gasteiger partial charge in [-0.05, 0) is 6.42 Å². The Morgan fingerprint density at radius 2 is 1.40 bits per heavy atom. The minimum absolute atomic E-state index is 0. The van der Waals surface area contributed by atoms with Crippen LogP contribution in [0.3, 0.4) is 0 Å². The molecule has 0 bridgehead atoms. The molecule has 25 heavy (non-hydrogen) atoms. The Kier molecular flexibility index (Phi) is 16.3. The summed E-state index contributed by atoms with van der Waals surface area (Å²) in [6, 6.07) is 0. The number of ether oxygens (including phenoxy) is 2. The molecule has 0 amide bonds. The van der Waals surface area contributed by atoms with Crippen LogP contribution in [-0.4, -0.2) is 93.9 Å². The van der Waals surface area contributed by atoms with Crippen LogP contribution in [0, 0.1) is 0 Å². The zero-order valence-electron chi connectivity index (χ0n) is 15.0. The fourth-order valence-electron chi connectivity index (χ4n) is 3.02. The summed E-state index contributed by atoms with van der Waals surface area (Å²) in [5.74, 6) is 0. The molecule has 5 atom stereocenters. The molecule has 1 aliphatic heterocycles. The van der Waals surface area contributed by atoms with Gasteiger partial charge in [-0.25, -0.2) is 0 Å². The zero-order valence-corrected chi connectivity index (χ0v) is 15.0. The molecule has 1 heterocycles. The van der Waals surface area contributed by atoms with Crippen LogP contribution in [-0.2, 0) is 9.47 Å². The van der Waals surface area contributed by atoms with Crippen molar-refractivity contribution in [3.63, 3.8) is 0 Å². The Labute approximate surface area is 174 Å². The van der Waals surface area contributed by atoms with E-state index in [0.717, 1.165) is 12.8 Å². The summed E-state index contributed by atoms with van der Waals surface area (Å²) in [6.45, 7) is 2.15. The number of aliphatic hydroxyl groups excluding tert-OH is 4. The second-order valence-corrected chi connectivity index (χ2v) is 6.75. The van der Waals surface area contributed by atoms with E-state index in [-0.39, 0.29) is 29.6 Å². The van der Waals surface area contributed by atoms with Crippen molar-refractivity contribution in [2.24, 2.45) is 0 Å². The van der Waals surface area contributed by atoms with Gasteiger partial charge in [0, 0.05) is 6.61 Å². The first kappa shape index (κ1) is 25.8. The minimum atomic E-state index is -1.25. The third-order valence-corrected chi connectivity index (χ3v) is 4.60. The molecule has 1 rings (SSSR count). The van der Waals surface area contributed by atoms with Crippen LogP contribution >= 0.6 is 0 Å². The Morgan fingerprint density at radius 3 is 1.92 bits per heavy atom. The molecular weight excluding hydrogens is 335 g/mol. The molecule has 7 heteroatoms. The third-order valence-electron chi connectivity index (χ3n) is 4.60. The van der Waals surface area contributed by atoms with Gasteiger partial charge in [-0.15, -0.1) is 0 Å². The van der Waals surface area contributed by atoms with Crippen molar-refractivity contribution < 1.29 is 29.9 Å². The molecule has 0 aromatic carbocycles. The van der Waals surface area contributed by atoms with Gasteiger partial charge < -0.3 is 29.9 Å². The van der Waals surface area contributed by atoms with Gasteiger partial charge in [0.15, 0.2) is 6.29 Å². The summed E-state index contributed by atoms with van der Waals surface area (Å²) in [5, 5.41) is 38.0. The Bertz CT molecular complexity index is 307. The van der Waals surface area contributed by atoms with E-state index in [4.69, 9.17) is 14.6 Å². The van der Waals surface area contributed by atoms with Crippen LogP contribution in [0.2, 0.25) is 0 Å². The Morgan fingerprint density at radius 1 is 0.880 bits per heavy atom. The van der Waals surface area contributed by atoms with E-state index in [0.29, 0.717) is 6.61 Å². The van der Waals surface area contributed by atoms with Crippen molar-refractivity contribution >= 4 is 29.6 Å². The fourth-order valence-corrected chi connectivity index (χ4v) is 3.02. The van der Waals surface area contributed by atoms with Gasteiger partial charge in [0.2, 0.25) is 0 Å².